The van der Waals surface area contributed by atoms with Crippen molar-refractivity contribution in [1.82, 2.24) is 0 Å². The molecule has 0 unspecified atom stereocenters. The number of rotatable bonds is 6. The first-order chi connectivity index (χ1) is 12.2. The molecule has 140 valence electrons. The van der Waals surface area contributed by atoms with Crippen LogP contribution in [0.2, 0.25) is 0 Å². The first-order valence-electron chi connectivity index (χ1n) is 7.67. The first-order valence-corrected chi connectivity index (χ1v) is 7.67. The summed E-state index contributed by atoms with van der Waals surface area (Å²) >= 11 is 0. The maximum absolute atomic E-state index is 13.0. The lowest BCUT2D eigenvalue weighted by Gasteiger charge is -2.16. The van der Waals surface area contributed by atoms with E-state index in [0.29, 0.717) is 5.56 Å². The second kappa shape index (κ2) is 8.09. The zero-order valence-corrected chi connectivity index (χ0v) is 14.2. The van der Waals surface area contributed by atoms with Crippen molar-refractivity contribution < 1.29 is 32.5 Å². The molecule has 0 aliphatic carbocycles. The van der Waals surface area contributed by atoms with Gasteiger partial charge in [0.1, 0.15) is 18.1 Å². The van der Waals surface area contributed by atoms with Crippen molar-refractivity contribution in [1.29, 1.82) is 0 Å². The van der Waals surface area contributed by atoms with E-state index in [9.17, 15) is 23.1 Å². The average molecular weight is 369 g/mol. The number of carbonyl (C=O) groups is 1. The number of carbonyl (C=O) groups excluding carboxylic acids is 1. The van der Waals surface area contributed by atoms with Crippen molar-refractivity contribution in [2.24, 2.45) is 0 Å². The van der Waals surface area contributed by atoms with Crippen LogP contribution in [0.4, 0.5) is 18.9 Å². The SMILES string of the molecule is COCCOc1ccc(C(F)(F)F)cc1NC(=O)c1cccc(C)c1O. The summed E-state index contributed by atoms with van der Waals surface area (Å²) in [5.41, 5.74) is -0.661. The highest BCUT2D eigenvalue weighted by Crippen LogP contribution is 2.35. The van der Waals surface area contributed by atoms with E-state index < -0.39 is 17.6 Å². The molecule has 5 nitrogen and oxygen atoms in total. The van der Waals surface area contributed by atoms with Crippen LogP contribution < -0.4 is 10.1 Å². The molecule has 2 aromatic rings. The highest BCUT2D eigenvalue weighted by Gasteiger charge is 2.31. The summed E-state index contributed by atoms with van der Waals surface area (Å²) < 4.78 is 49.1. The molecule has 0 radical (unpaired) electrons. The molecule has 0 heterocycles. The Morgan fingerprint density at radius 1 is 1.19 bits per heavy atom. The van der Waals surface area contributed by atoms with Crippen molar-refractivity contribution in [3.8, 4) is 11.5 Å². The summed E-state index contributed by atoms with van der Waals surface area (Å²) in [5, 5.41) is 12.4. The fourth-order valence-electron chi connectivity index (χ4n) is 2.20. The van der Waals surface area contributed by atoms with Crippen molar-refractivity contribution in [3.05, 3.63) is 53.1 Å². The number of hydrogen-bond donors (Lipinski definition) is 2. The topological polar surface area (TPSA) is 67.8 Å². The third-order valence-corrected chi connectivity index (χ3v) is 3.58. The van der Waals surface area contributed by atoms with Gasteiger partial charge in [-0.25, -0.2) is 0 Å². The number of hydrogen-bond acceptors (Lipinski definition) is 4. The number of anilines is 1. The predicted molar refractivity (Wildman–Crippen MR) is 89.6 cm³/mol. The molecule has 1 amide bonds. The third kappa shape index (κ3) is 4.66. The highest BCUT2D eigenvalue weighted by molar-refractivity contribution is 6.07. The van der Waals surface area contributed by atoms with Crippen LogP contribution in [0.25, 0.3) is 0 Å². The Morgan fingerprint density at radius 2 is 1.92 bits per heavy atom. The normalized spacial score (nSPS) is 11.3. The van der Waals surface area contributed by atoms with Gasteiger partial charge in [-0.1, -0.05) is 12.1 Å². The minimum Gasteiger partial charge on any atom is -0.507 e. The second-order valence-corrected chi connectivity index (χ2v) is 5.48. The Kier molecular flexibility index (Phi) is 6.10. The predicted octanol–water partition coefficient (Wildman–Crippen LogP) is 4.00. The Morgan fingerprint density at radius 3 is 2.58 bits per heavy atom. The van der Waals surface area contributed by atoms with Gasteiger partial charge in [0.05, 0.1) is 23.4 Å². The van der Waals surface area contributed by atoms with Crippen LogP contribution in [0, 0.1) is 6.92 Å². The van der Waals surface area contributed by atoms with Crippen LogP contribution in [-0.2, 0) is 10.9 Å². The van der Waals surface area contributed by atoms with E-state index in [0.717, 1.165) is 18.2 Å². The van der Waals surface area contributed by atoms with Gasteiger partial charge >= 0.3 is 6.18 Å². The van der Waals surface area contributed by atoms with Gasteiger partial charge in [0, 0.05) is 7.11 Å². The Balaban J connectivity index is 2.34. The molecule has 2 N–H and O–H groups in total. The van der Waals surface area contributed by atoms with Crippen LogP contribution in [-0.4, -0.2) is 31.3 Å². The molecular weight excluding hydrogens is 351 g/mol. The lowest BCUT2D eigenvalue weighted by molar-refractivity contribution is -0.137. The number of ether oxygens (including phenoxy) is 2. The number of phenols is 1. The lowest BCUT2D eigenvalue weighted by atomic mass is 10.1. The molecule has 0 aliphatic heterocycles. The van der Waals surface area contributed by atoms with Gasteiger partial charge in [0.25, 0.3) is 5.91 Å². The summed E-state index contributed by atoms with van der Waals surface area (Å²) in [5.74, 6) is -0.920. The molecule has 2 aromatic carbocycles. The summed E-state index contributed by atoms with van der Waals surface area (Å²) in [6, 6.07) is 7.32. The molecule has 0 saturated carbocycles. The summed E-state index contributed by atoms with van der Waals surface area (Å²) in [6.07, 6.45) is -4.57. The van der Waals surface area contributed by atoms with E-state index in [2.05, 4.69) is 5.32 Å². The molecule has 0 fully saturated rings. The van der Waals surface area contributed by atoms with Gasteiger partial charge in [0.2, 0.25) is 0 Å². The third-order valence-electron chi connectivity index (χ3n) is 3.58. The van der Waals surface area contributed by atoms with E-state index in [4.69, 9.17) is 9.47 Å². The van der Waals surface area contributed by atoms with E-state index in [1.54, 1.807) is 19.1 Å². The van der Waals surface area contributed by atoms with Gasteiger partial charge in [-0.2, -0.15) is 13.2 Å². The molecule has 0 aliphatic rings. The van der Waals surface area contributed by atoms with Crippen LogP contribution in [0.5, 0.6) is 11.5 Å². The number of alkyl halides is 3. The standard InChI is InChI=1S/C18H18F3NO4/c1-11-4-3-5-13(16(11)23)17(24)22-14-10-12(18(19,20)21)6-7-15(14)26-9-8-25-2/h3-7,10,23H,8-9H2,1-2H3,(H,22,24). The number of nitrogens with one attached hydrogen (secondary N) is 1. The zero-order valence-electron chi connectivity index (χ0n) is 14.2. The quantitative estimate of drug-likeness (QED) is 0.756. The molecule has 0 bridgehead atoms. The number of para-hydroxylation sites is 1. The van der Waals surface area contributed by atoms with Gasteiger partial charge in [0.15, 0.2) is 0 Å². The maximum atomic E-state index is 13.0. The van der Waals surface area contributed by atoms with Crippen LogP contribution in [0.3, 0.4) is 0 Å². The Labute approximate surface area is 148 Å². The number of amides is 1. The molecule has 2 rings (SSSR count). The number of benzene rings is 2. The number of methoxy groups -OCH3 is 1. The maximum Gasteiger partial charge on any atom is 0.416 e. The molecule has 0 atom stereocenters. The zero-order chi connectivity index (χ0) is 19.3. The highest BCUT2D eigenvalue weighted by atomic mass is 19.4. The molecule has 0 aromatic heterocycles. The fraction of sp³-hybridized carbons (Fsp3) is 0.278. The number of aromatic hydroxyl groups is 1. The van der Waals surface area contributed by atoms with Crippen molar-refractivity contribution >= 4 is 11.6 Å². The van der Waals surface area contributed by atoms with Gasteiger partial charge in [-0.05, 0) is 36.8 Å². The monoisotopic (exact) mass is 369 g/mol. The number of phenolic OH excluding ortho intramolecular Hbond substituents is 1. The average Bonchev–Trinajstić information content (AvgIpc) is 2.57. The molecule has 0 saturated heterocycles. The summed E-state index contributed by atoms with van der Waals surface area (Å²) in [6.45, 7) is 1.93. The lowest BCUT2D eigenvalue weighted by Crippen LogP contribution is -2.15. The second-order valence-electron chi connectivity index (χ2n) is 5.48. The van der Waals surface area contributed by atoms with Gasteiger partial charge in [-0.15, -0.1) is 0 Å². The largest absolute Gasteiger partial charge is 0.507 e. The number of halogens is 3. The number of aryl methyl sites for hydroxylation is 1. The summed E-state index contributed by atoms with van der Waals surface area (Å²) in [4.78, 5) is 12.4. The van der Waals surface area contributed by atoms with Crippen molar-refractivity contribution in [2.45, 2.75) is 13.1 Å². The van der Waals surface area contributed by atoms with E-state index in [-0.39, 0.29) is 36.0 Å². The van der Waals surface area contributed by atoms with E-state index >= 15 is 0 Å². The minimum atomic E-state index is -4.57. The van der Waals surface area contributed by atoms with Crippen LogP contribution >= 0.6 is 0 Å². The summed E-state index contributed by atoms with van der Waals surface area (Å²) in [7, 11) is 1.46. The molecule has 8 heteroatoms. The van der Waals surface area contributed by atoms with E-state index in [1.807, 2.05) is 0 Å². The van der Waals surface area contributed by atoms with Gasteiger partial charge in [-0.3, -0.25) is 4.79 Å². The van der Waals surface area contributed by atoms with Crippen LogP contribution in [0.1, 0.15) is 21.5 Å². The smallest absolute Gasteiger partial charge is 0.416 e. The van der Waals surface area contributed by atoms with Crippen molar-refractivity contribution in [3.63, 3.8) is 0 Å². The molecular formula is C18H18F3NO4. The molecule has 26 heavy (non-hydrogen) atoms. The van der Waals surface area contributed by atoms with E-state index in [1.165, 1.54) is 13.2 Å². The van der Waals surface area contributed by atoms with Crippen molar-refractivity contribution in [2.75, 3.05) is 25.6 Å². The molecule has 0 spiro atoms. The van der Waals surface area contributed by atoms with Crippen LogP contribution in [0.15, 0.2) is 36.4 Å². The minimum absolute atomic E-state index is 0.0507. The van der Waals surface area contributed by atoms with Gasteiger partial charge < -0.3 is 19.9 Å². The fourth-order valence-corrected chi connectivity index (χ4v) is 2.20. The Bertz CT molecular complexity index is 790. The first kappa shape index (κ1) is 19.6. The Hall–Kier alpha value is -2.74.